The summed E-state index contributed by atoms with van der Waals surface area (Å²) in [4.78, 5) is 7.70. The fraction of sp³-hybridized carbons (Fsp3) is 0.133. The number of hydrogen-bond donors (Lipinski definition) is 2. The maximum Gasteiger partial charge on any atom is 0.140 e. The number of aromatic nitrogens is 2. The molecule has 0 aliphatic carbocycles. The van der Waals surface area contributed by atoms with E-state index in [4.69, 9.17) is 0 Å². The Morgan fingerprint density at radius 2 is 1.90 bits per heavy atom. The number of imidazole rings is 1. The number of aromatic amines is 1. The van der Waals surface area contributed by atoms with Gasteiger partial charge in [0.1, 0.15) is 17.4 Å². The van der Waals surface area contributed by atoms with E-state index in [1.807, 2.05) is 43.3 Å². The van der Waals surface area contributed by atoms with Gasteiger partial charge in [-0.1, -0.05) is 46.3 Å². The molecule has 1 atom stereocenters. The molecule has 3 nitrogen and oxygen atoms in total. The fourth-order valence-electron chi connectivity index (χ4n) is 2.12. The molecule has 3 aromatic rings. The van der Waals surface area contributed by atoms with Gasteiger partial charge in [0.05, 0.1) is 5.52 Å². The molecule has 1 heterocycles. The third-order valence-electron chi connectivity index (χ3n) is 3.29. The summed E-state index contributed by atoms with van der Waals surface area (Å²) >= 11 is 7.07. The monoisotopic (exact) mass is 394 g/mol. The summed E-state index contributed by atoms with van der Waals surface area (Å²) in [5.74, 6) is 0.546. The predicted octanol–water partition coefficient (Wildman–Crippen LogP) is 4.48. The number of hydrogen-bond acceptors (Lipinski definition) is 2. The molecule has 0 bridgehead atoms. The molecule has 2 aromatic carbocycles. The van der Waals surface area contributed by atoms with Gasteiger partial charge in [-0.15, -0.1) is 0 Å². The zero-order chi connectivity index (χ0) is 14.3. The lowest BCUT2D eigenvalue weighted by molar-refractivity contribution is 0.211. The minimum atomic E-state index is -0.755. The van der Waals surface area contributed by atoms with Crippen molar-refractivity contribution in [3.8, 4) is 0 Å². The maximum absolute atomic E-state index is 10.4. The Balaban J connectivity index is 2.12. The lowest BCUT2D eigenvalue weighted by Crippen LogP contribution is -2.01. The van der Waals surface area contributed by atoms with Crippen LogP contribution in [0, 0.1) is 6.92 Å². The topological polar surface area (TPSA) is 48.9 Å². The summed E-state index contributed by atoms with van der Waals surface area (Å²) in [5, 5.41) is 10.4. The standard InChI is InChI=1S/C15H12Br2N2O/c1-8-10(16)7-11-13(12(8)17)19-15(18-11)14(20)9-5-3-2-4-6-9/h2-7,14,20H,1H3,(H,18,19). The van der Waals surface area contributed by atoms with Crippen LogP contribution in [0.2, 0.25) is 0 Å². The largest absolute Gasteiger partial charge is 0.380 e. The molecule has 20 heavy (non-hydrogen) atoms. The van der Waals surface area contributed by atoms with Gasteiger partial charge in [0.15, 0.2) is 0 Å². The van der Waals surface area contributed by atoms with Crippen molar-refractivity contribution in [1.82, 2.24) is 9.97 Å². The summed E-state index contributed by atoms with van der Waals surface area (Å²) < 4.78 is 1.94. The summed E-state index contributed by atoms with van der Waals surface area (Å²) in [5.41, 5.74) is 3.62. The van der Waals surface area contributed by atoms with Crippen molar-refractivity contribution in [1.29, 1.82) is 0 Å². The number of aliphatic hydroxyl groups is 1. The van der Waals surface area contributed by atoms with Crippen LogP contribution < -0.4 is 0 Å². The Bertz CT molecular complexity index is 768. The number of H-pyrrole nitrogens is 1. The lowest BCUT2D eigenvalue weighted by atomic mass is 10.1. The van der Waals surface area contributed by atoms with Crippen molar-refractivity contribution in [2.45, 2.75) is 13.0 Å². The molecule has 0 fully saturated rings. The summed E-state index contributed by atoms with van der Waals surface area (Å²) in [6.07, 6.45) is -0.755. The molecule has 3 rings (SSSR count). The van der Waals surface area contributed by atoms with E-state index in [1.165, 1.54) is 0 Å². The van der Waals surface area contributed by atoms with Gasteiger partial charge < -0.3 is 10.1 Å². The molecule has 0 aliphatic heterocycles. The fourth-order valence-corrected chi connectivity index (χ4v) is 3.33. The van der Waals surface area contributed by atoms with Crippen LogP contribution in [-0.2, 0) is 0 Å². The van der Waals surface area contributed by atoms with Gasteiger partial charge in [-0.05, 0) is 40.0 Å². The third-order valence-corrected chi connectivity index (χ3v) is 5.08. The van der Waals surface area contributed by atoms with Crippen molar-refractivity contribution < 1.29 is 5.11 Å². The van der Waals surface area contributed by atoms with Crippen LogP contribution in [0.4, 0.5) is 0 Å². The molecule has 0 amide bonds. The van der Waals surface area contributed by atoms with Gasteiger partial charge in [-0.3, -0.25) is 0 Å². The van der Waals surface area contributed by atoms with Gasteiger partial charge >= 0.3 is 0 Å². The average molecular weight is 396 g/mol. The lowest BCUT2D eigenvalue weighted by Gasteiger charge is -2.06. The van der Waals surface area contributed by atoms with Crippen molar-refractivity contribution >= 4 is 42.9 Å². The highest BCUT2D eigenvalue weighted by Crippen LogP contribution is 2.33. The molecule has 0 saturated heterocycles. The minimum Gasteiger partial charge on any atom is -0.380 e. The highest BCUT2D eigenvalue weighted by Gasteiger charge is 2.17. The number of nitrogens with one attached hydrogen (secondary N) is 1. The first kappa shape index (κ1) is 13.8. The van der Waals surface area contributed by atoms with Gasteiger partial charge in [0, 0.05) is 8.95 Å². The number of aliphatic hydroxyl groups excluding tert-OH is 1. The van der Waals surface area contributed by atoms with Gasteiger partial charge in [0.2, 0.25) is 0 Å². The Hall–Kier alpha value is -1.17. The molecule has 0 spiro atoms. The summed E-state index contributed by atoms with van der Waals surface area (Å²) in [6, 6.07) is 11.5. The third kappa shape index (κ3) is 2.30. The SMILES string of the molecule is Cc1c(Br)cc2[nH]c(C(O)c3ccccc3)nc2c1Br. The normalized spacial score (nSPS) is 12.8. The van der Waals surface area contributed by atoms with E-state index < -0.39 is 6.10 Å². The quantitative estimate of drug-likeness (QED) is 0.672. The first-order chi connectivity index (χ1) is 9.58. The average Bonchev–Trinajstić information content (AvgIpc) is 2.89. The zero-order valence-corrected chi connectivity index (χ0v) is 13.9. The minimum absolute atomic E-state index is 0.546. The van der Waals surface area contributed by atoms with Crippen LogP contribution in [-0.4, -0.2) is 15.1 Å². The Morgan fingerprint density at radius 1 is 1.20 bits per heavy atom. The molecular formula is C15H12Br2N2O. The Kier molecular flexibility index (Phi) is 3.67. The van der Waals surface area contributed by atoms with Gasteiger partial charge in [-0.2, -0.15) is 0 Å². The first-order valence-corrected chi connectivity index (χ1v) is 7.73. The molecule has 0 saturated carbocycles. The molecular weight excluding hydrogens is 384 g/mol. The smallest absolute Gasteiger partial charge is 0.140 e. The predicted molar refractivity (Wildman–Crippen MR) is 86.7 cm³/mol. The van der Waals surface area contributed by atoms with E-state index in [1.54, 1.807) is 0 Å². The second kappa shape index (κ2) is 5.31. The van der Waals surface area contributed by atoms with Crippen LogP contribution in [0.1, 0.15) is 23.1 Å². The number of benzene rings is 2. The number of fused-ring (bicyclic) bond motifs is 1. The molecule has 102 valence electrons. The van der Waals surface area contributed by atoms with Gasteiger partial charge in [-0.25, -0.2) is 4.98 Å². The van der Waals surface area contributed by atoms with Crippen LogP contribution in [0.25, 0.3) is 11.0 Å². The second-order valence-corrected chi connectivity index (χ2v) is 6.28. The number of halogens is 2. The first-order valence-electron chi connectivity index (χ1n) is 6.15. The zero-order valence-electron chi connectivity index (χ0n) is 10.7. The van der Waals surface area contributed by atoms with E-state index in [0.29, 0.717) is 5.82 Å². The number of nitrogens with zero attached hydrogens (tertiary/aromatic N) is 1. The van der Waals surface area contributed by atoms with Crippen molar-refractivity contribution in [3.63, 3.8) is 0 Å². The van der Waals surface area contributed by atoms with Crippen LogP contribution in [0.5, 0.6) is 0 Å². The highest BCUT2D eigenvalue weighted by atomic mass is 79.9. The van der Waals surface area contributed by atoms with E-state index in [-0.39, 0.29) is 0 Å². The van der Waals surface area contributed by atoms with E-state index in [9.17, 15) is 5.11 Å². The van der Waals surface area contributed by atoms with Crippen LogP contribution in [0.3, 0.4) is 0 Å². The van der Waals surface area contributed by atoms with E-state index in [0.717, 1.165) is 31.1 Å². The van der Waals surface area contributed by atoms with Crippen molar-refractivity contribution in [2.75, 3.05) is 0 Å². The van der Waals surface area contributed by atoms with E-state index in [2.05, 4.69) is 41.8 Å². The van der Waals surface area contributed by atoms with Crippen molar-refractivity contribution in [2.24, 2.45) is 0 Å². The molecule has 1 unspecified atom stereocenters. The molecule has 5 heteroatoms. The molecule has 2 N–H and O–H groups in total. The Labute approximate surface area is 133 Å². The highest BCUT2D eigenvalue weighted by molar-refractivity contribution is 9.11. The Morgan fingerprint density at radius 3 is 2.60 bits per heavy atom. The number of rotatable bonds is 2. The molecule has 1 aromatic heterocycles. The summed E-state index contributed by atoms with van der Waals surface area (Å²) in [6.45, 7) is 2.01. The second-order valence-electron chi connectivity index (χ2n) is 4.63. The van der Waals surface area contributed by atoms with Gasteiger partial charge in [0.25, 0.3) is 0 Å². The van der Waals surface area contributed by atoms with Crippen LogP contribution in [0.15, 0.2) is 45.3 Å². The molecule has 0 aliphatic rings. The summed E-state index contributed by atoms with van der Waals surface area (Å²) in [7, 11) is 0. The maximum atomic E-state index is 10.4. The molecule has 0 radical (unpaired) electrons. The van der Waals surface area contributed by atoms with Crippen molar-refractivity contribution in [3.05, 3.63) is 62.3 Å². The van der Waals surface area contributed by atoms with Crippen LogP contribution >= 0.6 is 31.9 Å². The van der Waals surface area contributed by atoms with E-state index >= 15 is 0 Å².